The second kappa shape index (κ2) is 6.73. The van der Waals surface area contributed by atoms with Crippen LogP contribution in [0.15, 0.2) is 24.3 Å². The fourth-order valence-electron chi connectivity index (χ4n) is 3.98. The molecule has 0 aromatic heterocycles. The average Bonchev–Trinajstić information content (AvgIpc) is 3.23. The summed E-state index contributed by atoms with van der Waals surface area (Å²) in [5.74, 6) is 1.29. The number of nitrogens with two attached hydrogens (primary N) is 1. The van der Waals surface area contributed by atoms with E-state index in [0.717, 1.165) is 38.8 Å². The lowest BCUT2D eigenvalue weighted by Gasteiger charge is -2.19. The topological polar surface area (TPSA) is 75.4 Å². The molecule has 3 N–H and O–H groups in total. The zero-order valence-electron chi connectivity index (χ0n) is 13.6. The fraction of sp³-hybridized carbons (Fsp3) is 0.556. The highest BCUT2D eigenvalue weighted by atomic mass is 35.5. The first-order valence-electron chi connectivity index (χ1n) is 8.57. The summed E-state index contributed by atoms with van der Waals surface area (Å²) in [6, 6.07) is 7.52. The Morgan fingerprint density at radius 2 is 1.92 bits per heavy atom. The van der Waals surface area contributed by atoms with Crippen molar-refractivity contribution in [2.45, 2.75) is 31.7 Å². The van der Waals surface area contributed by atoms with Gasteiger partial charge in [0.15, 0.2) is 0 Å². The number of carbonyl (C=O) groups is 2. The lowest BCUT2D eigenvalue weighted by atomic mass is 9.98. The molecule has 0 radical (unpaired) electrons. The van der Waals surface area contributed by atoms with Gasteiger partial charge in [0.1, 0.15) is 0 Å². The molecule has 1 aromatic rings. The van der Waals surface area contributed by atoms with Crippen LogP contribution in [-0.4, -0.2) is 35.8 Å². The van der Waals surface area contributed by atoms with Gasteiger partial charge in [-0.3, -0.25) is 9.59 Å². The Bertz CT molecular complexity index is 647. The van der Waals surface area contributed by atoms with Crippen LogP contribution in [0.25, 0.3) is 0 Å². The van der Waals surface area contributed by atoms with E-state index in [4.69, 9.17) is 5.73 Å². The zero-order valence-corrected chi connectivity index (χ0v) is 14.4. The minimum atomic E-state index is 0. The Hall–Kier alpha value is -1.59. The number of fused-ring (bicyclic) bond motifs is 1. The van der Waals surface area contributed by atoms with Crippen molar-refractivity contribution in [2.75, 3.05) is 18.4 Å². The molecular formula is C18H24ClN3O2. The van der Waals surface area contributed by atoms with Crippen molar-refractivity contribution in [3.8, 4) is 0 Å². The third-order valence-corrected chi connectivity index (χ3v) is 5.52. The number of carbonyl (C=O) groups excluding carboxylic acids is 2. The number of benzene rings is 1. The fourth-order valence-corrected chi connectivity index (χ4v) is 3.98. The first-order valence-corrected chi connectivity index (χ1v) is 8.57. The van der Waals surface area contributed by atoms with Crippen molar-refractivity contribution in [3.05, 3.63) is 29.8 Å². The lowest BCUT2D eigenvalue weighted by Crippen LogP contribution is -2.33. The highest BCUT2D eigenvalue weighted by Crippen LogP contribution is 2.37. The summed E-state index contributed by atoms with van der Waals surface area (Å²) in [6.07, 6.45) is 4.16. The number of nitrogens with zero attached hydrogens (tertiary/aromatic N) is 1. The Morgan fingerprint density at radius 3 is 2.62 bits per heavy atom. The molecule has 1 heterocycles. The highest BCUT2D eigenvalue weighted by Gasteiger charge is 2.42. The highest BCUT2D eigenvalue weighted by molar-refractivity contribution is 5.98. The van der Waals surface area contributed by atoms with E-state index in [1.165, 1.54) is 0 Å². The van der Waals surface area contributed by atoms with Crippen LogP contribution in [-0.2, 0) is 4.79 Å². The first kappa shape index (κ1) is 17.2. The van der Waals surface area contributed by atoms with Crippen molar-refractivity contribution in [1.82, 2.24) is 4.90 Å². The van der Waals surface area contributed by atoms with Crippen molar-refractivity contribution in [3.63, 3.8) is 0 Å². The van der Waals surface area contributed by atoms with Gasteiger partial charge in [0.2, 0.25) is 5.91 Å². The molecule has 3 fully saturated rings. The standard InChI is InChI=1S/C18H23N3O2.ClH/c19-16-7-6-13-9-21(10-15(13)16)18(23)12-2-1-3-14(8-12)20-17(22)11-4-5-11;/h1-3,8,11,13,15-16H,4-7,9-10,19H2,(H,20,22);1H. The molecule has 3 atom stereocenters. The number of halogens is 1. The maximum atomic E-state index is 12.7. The summed E-state index contributed by atoms with van der Waals surface area (Å²) in [4.78, 5) is 26.5. The third-order valence-electron chi connectivity index (χ3n) is 5.52. The van der Waals surface area contributed by atoms with Crippen LogP contribution in [0, 0.1) is 17.8 Å². The summed E-state index contributed by atoms with van der Waals surface area (Å²) in [5, 5.41) is 2.91. The number of likely N-dealkylation sites (tertiary alicyclic amines) is 1. The summed E-state index contributed by atoms with van der Waals surface area (Å²) >= 11 is 0. The van der Waals surface area contributed by atoms with E-state index in [-0.39, 0.29) is 36.2 Å². The predicted molar refractivity (Wildman–Crippen MR) is 95.1 cm³/mol. The van der Waals surface area contributed by atoms with Crippen LogP contribution in [0.2, 0.25) is 0 Å². The smallest absolute Gasteiger partial charge is 0.253 e. The molecular weight excluding hydrogens is 326 g/mol. The van der Waals surface area contributed by atoms with Gasteiger partial charge in [0, 0.05) is 36.3 Å². The molecule has 3 unspecified atom stereocenters. The van der Waals surface area contributed by atoms with Gasteiger partial charge in [-0.1, -0.05) is 6.07 Å². The van der Waals surface area contributed by atoms with Crippen LogP contribution < -0.4 is 11.1 Å². The minimum Gasteiger partial charge on any atom is -0.338 e. The molecule has 6 heteroatoms. The maximum absolute atomic E-state index is 12.7. The minimum absolute atomic E-state index is 0. The van der Waals surface area contributed by atoms with Crippen molar-refractivity contribution in [1.29, 1.82) is 0 Å². The molecule has 2 amide bonds. The van der Waals surface area contributed by atoms with E-state index >= 15 is 0 Å². The molecule has 5 nitrogen and oxygen atoms in total. The SMILES string of the molecule is Cl.NC1CCC2CN(C(=O)c3cccc(NC(=O)C4CC4)c3)CC12. The van der Waals surface area contributed by atoms with Gasteiger partial charge in [0.05, 0.1) is 0 Å². The molecule has 0 bridgehead atoms. The number of rotatable bonds is 3. The monoisotopic (exact) mass is 349 g/mol. The van der Waals surface area contributed by atoms with Crippen LogP contribution in [0.3, 0.4) is 0 Å². The summed E-state index contributed by atoms with van der Waals surface area (Å²) < 4.78 is 0. The molecule has 1 aliphatic heterocycles. The molecule has 130 valence electrons. The second-order valence-electron chi connectivity index (χ2n) is 7.22. The number of nitrogens with one attached hydrogen (secondary N) is 1. The van der Waals surface area contributed by atoms with Crippen LogP contribution in [0.5, 0.6) is 0 Å². The van der Waals surface area contributed by atoms with Gasteiger partial charge < -0.3 is 16.0 Å². The number of hydrogen-bond acceptors (Lipinski definition) is 3. The third kappa shape index (κ3) is 3.28. The Labute approximate surface area is 148 Å². The van der Waals surface area contributed by atoms with Crippen molar-refractivity contribution in [2.24, 2.45) is 23.5 Å². The van der Waals surface area contributed by atoms with Crippen LogP contribution in [0.4, 0.5) is 5.69 Å². The van der Waals surface area contributed by atoms with Crippen molar-refractivity contribution >= 4 is 29.9 Å². The number of anilines is 1. The molecule has 2 aliphatic carbocycles. The Morgan fingerprint density at radius 1 is 1.12 bits per heavy atom. The Kier molecular flexibility index (Phi) is 4.83. The predicted octanol–water partition coefficient (Wildman–Crippen LogP) is 2.27. The lowest BCUT2D eigenvalue weighted by molar-refractivity contribution is -0.117. The van der Waals surface area contributed by atoms with E-state index < -0.39 is 0 Å². The van der Waals surface area contributed by atoms with E-state index in [1.807, 2.05) is 23.1 Å². The molecule has 1 aromatic carbocycles. The Balaban J connectivity index is 0.00000169. The van der Waals surface area contributed by atoms with E-state index in [0.29, 0.717) is 23.1 Å². The van der Waals surface area contributed by atoms with Gasteiger partial charge in [-0.05, 0) is 55.7 Å². The summed E-state index contributed by atoms with van der Waals surface area (Å²) in [6.45, 7) is 1.58. The largest absolute Gasteiger partial charge is 0.338 e. The second-order valence-corrected chi connectivity index (χ2v) is 7.22. The van der Waals surface area contributed by atoms with Crippen LogP contribution >= 0.6 is 12.4 Å². The van der Waals surface area contributed by atoms with E-state index in [9.17, 15) is 9.59 Å². The molecule has 1 saturated heterocycles. The molecule has 24 heavy (non-hydrogen) atoms. The van der Waals surface area contributed by atoms with Gasteiger partial charge in [-0.2, -0.15) is 0 Å². The van der Waals surface area contributed by atoms with Gasteiger partial charge >= 0.3 is 0 Å². The first-order chi connectivity index (χ1) is 11.1. The molecule has 0 spiro atoms. The summed E-state index contributed by atoms with van der Waals surface area (Å²) in [5.41, 5.74) is 7.51. The van der Waals surface area contributed by atoms with E-state index in [2.05, 4.69) is 5.32 Å². The van der Waals surface area contributed by atoms with E-state index in [1.54, 1.807) is 6.07 Å². The molecule has 2 saturated carbocycles. The van der Waals surface area contributed by atoms with Gasteiger partial charge in [-0.25, -0.2) is 0 Å². The summed E-state index contributed by atoms with van der Waals surface area (Å²) in [7, 11) is 0. The number of amides is 2. The quantitative estimate of drug-likeness (QED) is 0.879. The van der Waals surface area contributed by atoms with Crippen LogP contribution in [0.1, 0.15) is 36.0 Å². The zero-order chi connectivity index (χ0) is 16.0. The number of hydrogen-bond donors (Lipinski definition) is 2. The average molecular weight is 350 g/mol. The molecule has 4 rings (SSSR count). The normalized spacial score (nSPS) is 28.2. The maximum Gasteiger partial charge on any atom is 0.253 e. The van der Waals surface area contributed by atoms with Gasteiger partial charge in [-0.15, -0.1) is 12.4 Å². The van der Waals surface area contributed by atoms with Crippen molar-refractivity contribution < 1.29 is 9.59 Å². The molecule has 3 aliphatic rings. The van der Waals surface area contributed by atoms with Gasteiger partial charge in [0.25, 0.3) is 5.91 Å².